The normalized spacial score (nSPS) is 25.5. The number of hydrogen-bond acceptors (Lipinski definition) is 5. The highest BCUT2D eigenvalue weighted by atomic mass is 32.2. The van der Waals surface area contributed by atoms with Crippen molar-refractivity contribution >= 4 is 29.2 Å². The van der Waals surface area contributed by atoms with Crippen molar-refractivity contribution in [1.82, 2.24) is 4.90 Å². The predicted octanol–water partition coefficient (Wildman–Crippen LogP) is 4.75. The van der Waals surface area contributed by atoms with Crippen LogP contribution in [0.3, 0.4) is 0 Å². The summed E-state index contributed by atoms with van der Waals surface area (Å²) in [5, 5.41) is 11.0. The maximum absolute atomic E-state index is 13.3. The van der Waals surface area contributed by atoms with Gasteiger partial charge in [0.25, 0.3) is 0 Å². The molecule has 2 aliphatic heterocycles. The van der Waals surface area contributed by atoms with E-state index >= 15 is 0 Å². The number of nitrogens with two attached hydrogens (primary N) is 1. The quantitative estimate of drug-likeness (QED) is 0.702. The molecule has 1 amide bonds. The third-order valence-electron chi connectivity index (χ3n) is 6.23. The average Bonchev–Trinajstić information content (AvgIpc) is 3.29. The van der Waals surface area contributed by atoms with Crippen molar-refractivity contribution in [2.45, 2.75) is 36.2 Å². The van der Waals surface area contributed by atoms with Crippen LogP contribution >= 0.6 is 11.8 Å². The van der Waals surface area contributed by atoms with Gasteiger partial charge in [0.1, 0.15) is 0 Å². The minimum Gasteiger partial charge on any atom is -0.369 e. The maximum Gasteiger partial charge on any atom is 0.416 e. The largest absolute Gasteiger partial charge is 0.416 e. The number of halogens is 3. The van der Waals surface area contributed by atoms with Crippen molar-refractivity contribution in [2.75, 3.05) is 7.05 Å². The molecule has 2 aromatic carbocycles. The number of carbonyl (C=O) groups is 1. The van der Waals surface area contributed by atoms with Crippen molar-refractivity contribution in [3.63, 3.8) is 0 Å². The molecule has 9 heteroatoms. The number of allylic oxidation sites excluding steroid dienone is 1. The van der Waals surface area contributed by atoms with Gasteiger partial charge < -0.3 is 5.73 Å². The molecule has 5 nitrogen and oxygen atoms in total. The van der Waals surface area contributed by atoms with Gasteiger partial charge in [-0.05, 0) is 59.7 Å². The van der Waals surface area contributed by atoms with Gasteiger partial charge in [-0.3, -0.25) is 9.69 Å². The first-order chi connectivity index (χ1) is 15.5. The molecule has 2 aliphatic rings. The highest BCUT2D eigenvalue weighted by Crippen LogP contribution is 2.50. The van der Waals surface area contributed by atoms with Crippen molar-refractivity contribution in [3.05, 3.63) is 76.2 Å². The summed E-state index contributed by atoms with van der Waals surface area (Å²) in [6.07, 6.45) is -3.89. The monoisotopic (exact) mass is 470 g/mol. The molecule has 0 fully saturated rings. The number of nitrogens with zero attached hydrogens (tertiary/aromatic N) is 3. The van der Waals surface area contributed by atoms with E-state index < -0.39 is 23.2 Å². The second-order valence-electron chi connectivity index (χ2n) is 8.31. The number of aliphatic imine (C=N–C) groups is 1. The van der Waals surface area contributed by atoms with E-state index in [1.54, 1.807) is 6.07 Å². The summed E-state index contributed by atoms with van der Waals surface area (Å²) >= 11 is 1.52. The highest BCUT2D eigenvalue weighted by molar-refractivity contribution is 8.03. The van der Waals surface area contributed by atoms with Gasteiger partial charge in [0, 0.05) is 12.3 Å². The maximum atomic E-state index is 13.3. The van der Waals surface area contributed by atoms with Gasteiger partial charge in [0.2, 0.25) is 5.91 Å². The first-order valence-electron chi connectivity index (χ1n) is 10.2. The van der Waals surface area contributed by atoms with E-state index in [-0.39, 0.29) is 17.1 Å². The Bertz CT molecular complexity index is 1200. The highest BCUT2D eigenvalue weighted by Gasteiger charge is 2.51. The van der Waals surface area contributed by atoms with E-state index in [1.165, 1.54) is 35.8 Å². The Kier molecular flexibility index (Phi) is 5.74. The zero-order valence-corrected chi connectivity index (χ0v) is 18.7. The number of benzene rings is 2. The number of rotatable bonds is 3. The van der Waals surface area contributed by atoms with Crippen LogP contribution in [0.5, 0.6) is 0 Å². The minimum absolute atomic E-state index is 0.0752. The van der Waals surface area contributed by atoms with Crippen molar-refractivity contribution in [1.29, 1.82) is 5.26 Å². The molecule has 2 heterocycles. The van der Waals surface area contributed by atoms with Gasteiger partial charge in [0.05, 0.1) is 28.7 Å². The van der Waals surface area contributed by atoms with Crippen LogP contribution in [0, 0.1) is 11.3 Å². The molecule has 1 unspecified atom stereocenters. The van der Waals surface area contributed by atoms with Crippen LogP contribution in [0.15, 0.2) is 58.9 Å². The average molecular weight is 471 g/mol. The molecular weight excluding hydrogens is 449 g/mol. The molecule has 4 rings (SSSR count). The van der Waals surface area contributed by atoms with E-state index in [0.717, 1.165) is 23.3 Å². The Morgan fingerprint density at radius 3 is 2.58 bits per heavy atom. The lowest BCUT2D eigenvalue weighted by Crippen LogP contribution is -2.57. The Balaban J connectivity index is 1.70. The Morgan fingerprint density at radius 1 is 1.24 bits per heavy atom. The fourth-order valence-electron chi connectivity index (χ4n) is 4.32. The SMILES string of the molecule is CN1C(=O)[C@H](c2ccc(C(F)(F)F)cc2)[C@@](C)(C2CC(c3cccc(C#N)c3)=CS2)N=C1N. The lowest BCUT2D eigenvalue weighted by Gasteiger charge is -2.43. The number of hydrogen-bond donors (Lipinski definition) is 1. The topological polar surface area (TPSA) is 82.5 Å². The van der Waals surface area contributed by atoms with E-state index in [4.69, 9.17) is 5.73 Å². The molecule has 3 atom stereocenters. The Hall–Kier alpha value is -3.25. The van der Waals surface area contributed by atoms with Crippen LogP contribution < -0.4 is 5.73 Å². The number of guanidine groups is 1. The summed E-state index contributed by atoms with van der Waals surface area (Å²) in [6, 6.07) is 14.1. The number of carbonyl (C=O) groups excluding carboxylic acids is 1. The second-order valence-corrected chi connectivity index (χ2v) is 9.39. The number of thioether (sulfide) groups is 1. The lowest BCUT2D eigenvalue weighted by atomic mass is 9.74. The number of likely N-dealkylation sites (N-methyl/N-ethyl adjacent to an activating group) is 1. The predicted molar refractivity (Wildman–Crippen MR) is 122 cm³/mol. The van der Waals surface area contributed by atoms with Gasteiger partial charge in [-0.2, -0.15) is 18.4 Å². The van der Waals surface area contributed by atoms with E-state index in [0.29, 0.717) is 17.5 Å². The van der Waals surface area contributed by atoms with Gasteiger partial charge >= 0.3 is 6.18 Å². The molecule has 2 N–H and O–H groups in total. The van der Waals surface area contributed by atoms with Crippen molar-refractivity contribution in [3.8, 4) is 6.07 Å². The summed E-state index contributed by atoms with van der Waals surface area (Å²) in [6.45, 7) is 1.83. The molecule has 0 bridgehead atoms. The Morgan fingerprint density at radius 2 is 1.94 bits per heavy atom. The van der Waals surface area contributed by atoms with Crippen LogP contribution in [0.25, 0.3) is 5.57 Å². The first-order valence-corrected chi connectivity index (χ1v) is 11.1. The fourth-order valence-corrected chi connectivity index (χ4v) is 5.63. The van der Waals surface area contributed by atoms with Crippen LogP contribution in [0.1, 0.15) is 41.5 Å². The Labute approximate surface area is 193 Å². The van der Waals surface area contributed by atoms with E-state index in [1.807, 2.05) is 30.5 Å². The molecule has 0 saturated heterocycles. The van der Waals surface area contributed by atoms with Crippen LogP contribution in [0.4, 0.5) is 13.2 Å². The number of alkyl halides is 3. The molecule has 170 valence electrons. The summed E-state index contributed by atoms with van der Waals surface area (Å²) < 4.78 is 39.2. The number of nitriles is 1. The van der Waals surface area contributed by atoms with Crippen molar-refractivity contribution in [2.24, 2.45) is 10.7 Å². The van der Waals surface area contributed by atoms with Gasteiger partial charge in [-0.1, -0.05) is 24.3 Å². The zero-order chi connectivity index (χ0) is 24.0. The first kappa shape index (κ1) is 22.9. The smallest absolute Gasteiger partial charge is 0.369 e. The lowest BCUT2D eigenvalue weighted by molar-refractivity contribution is -0.137. The third kappa shape index (κ3) is 4.11. The van der Waals surface area contributed by atoms with Gasteiger partial charge in [-0.15, -0.1) is 11.8 Å². The molecule has 0 aliphatic carbocycles. The van der Waals surface area contributed by atoms with Crippen LogP contribution in [0.2, 0.25) is 0 Å². The van der Waals surface area contributed by atoms with Crippen molar-refractivity contribution < 1.29 is 18.0 Å². The summed E-state index contributed by atoms with van der Waals surface area (Å²) in [5.41, 5.74) is 7.23. The molecule has 0 aromatic heterocycles. The summed E-state index contributed by atoms with van der Waals surface area (Å²) in [5.74, 6) is -1.04. The van der Waals surface area contributed by atoms with Gasteiger partial charge in [0.15, 0.2) is 5.96 Å². The molecule has 0 radical (unpaired) electrons. The number of amides is 1. The van der Waals surface area contributed by atoms with E-state index in [9.17, 15) is 23.2 Å². The third-order valence-corrected chi connectivity index (χ3v) is 7.62. The molecule has 0 saturated carbocycles. The minimum atomic E-state index is -4.46. The molecular formula is C24H21F3N4OS. The van der Waals surface area contributed by atoms with Gasteiger partial charge in [-0.25, -0.2) is 4.99 Å². The summed E-state index contributed by atoms with van der Waals surface area (Å²) in [4.78, 5) is 19.2. The molecule has 2 aromatic rings. The van der Waals surface area contributed by atoms with Crippen LogP contribution in [-0.4, -0.2) is 34.6 Å². The summed E-state index contributed by atoms with van der Waals surface area (Å²) in [7, 11) is 1.51. The standard InChI is InChI=1S/C24H21F3N4OS/c1-23(19-11-17(13-33-19)16-5-3-4-14(10-16)12-28)20(21(32)31(2)22(29)30-23)15-6-8-18(9-7-15)24(25,26)27/h3-10,13,19-20H,11H2,1-2H3,(H2,29,30)/t19?,20-,23+/m0/s1. The molecule has 33 heavy (non-hydrogen) atoms. The van der Waals surface area contributed by atoms with E-state index in [2.05, 4.69) is 11.1 Å². The zero-order valence-electron chi connectivity index (χ0n) is 17.9. The fraction of sp³-hybridized carbons (Fsp3) is 0.292. The second kappa shape index (κ2) is 8.27. The van der Waals surface area contributed by atoms with Crippen LogP contribution in [-0.2, 0) is 11.0 Å². The molecule has 0 spiro atoms.